The van der Waals surface area contributed by atoms with E-state index in [1.165, 1.54) is 45.2 Å². The maximum Gasteiger partial charge on any atom is 0.147 e. The van der Waals surface area contributed by atoms with Gasteiger partial charge in [-0.05, 0) is 45.2 Å². The molecular weight excluding hydrogens is 262 g/mol. The van der Waals surface area contributed by atoms with Gasteiger partial charge in [-0.2, -0.15) is 0 Å². The molecule has 3 aliphatic rings. The summed E-state index contributed by atoms with van der Waals surface area (Å²) in [6.07, 6.45) is 10.5. The maximum absolute atomic E-state index is 4.63. The summed E-state index contributed by atoms with van der Waals surface area (Å²) in [6, 6.07) is 1.46. The minimum atomic E-state index is 0.727. The Morgan fingerprint density at radius 3 is 2.62 bits per heavy atom. The molecule has 0 aromatic carbocycles. The standard InChI is InChI=1S/C16H25N5/c1-2-7-20(6-1)15-5-8-21(12-15)16-11-18-14(10-19-16)9-17-13-3-4-13/h10-11,13,15,17H,1-9,12H2. The predicted octanol–water partition coefficient (Wildman–Crippen LogP) is 1.40. The van der Waals surface area contributed by atoms with Crippen LogP contribution in [0.3, 0.4) is 0 Å². The largest absolute Gasteiger partial charge is 0.354 e. The van der Waals surface area contributed by atoms with Crippen molar-refractivity contribution in [2.24, 2.45) is 0 Å². The van der Waals surface area contributed by atoms with E-state index in [9.17, 15) is 0 Å². The van der Waals surface area contributed by atoms with Crippen LogP contribution in [0.25, 0.3) is 0 Å². The normalized spacial score (nSPS) is 26.7. The zero-order chi connectivity index (χ0) is 14.1. The fourth-order valence-electron chi connectivity index (χ4n) is 3.49. The highest BCUT2D eigenvalue weighted by atomic mass is 15.3. The molecular formula is C16H25N5. The Morgan fingerprint density at radius 2 is 1.90 bits per heavy atom. The van der Waals surface area contributed by atoms with Gasteiger partial charge in [0.05, 0.1) is 18.1 Å². The van der Waals surface area contributed by atoms with Crippen molar-refractivity contribution in [3.05, 3.63) is 18.1 Å². The highest BCUT2D eigenvalue weighted by Crippen LogP contribution is 2.24. The molecule has 1 aliphatic carbocycles. The van der Waals surface area contributed by atoms with Crippen molar-refractivity contribution in [2.75, 3.05) is 31.1 Å². The number of anilines is 1. The van der Waals surface area contributed by atoms with E-state index in [-0.39, 0.29) is 0 Å². The van der Waals surface area contributed by atoms with E-state index < -0.39 is 0 Å². The third-order valence-electron chi connectivity index (χ3n) is 4.99. The molecule has 5 heteroatoms. The van der Waals surface area contributed by atoms with E-state index in [4.69, 9.17) is 0 Å². The molecule has 1 aromatic rings. The first kappa shape index (κ1) is 13.5. The molecule has 5 nitrogen and oxygen atoms in total. The fraction of sp³-hybridized carbons (Fsp3) is 0.750. The molecule has 0 bridgehead atoms. The minimum Gasteiger partial charge on any atom is -0.354 e. The molecule has 1 unspecified atom stereocenters. The average Bonchev–Trinajstić information content (AvgIpc) is 3.01. The quantitative estimate of drug-likeness (QED) is 0.887. The molecule has 1 aromatic heterocycles. The van der Waals surface area contributed by atoms with Crippen molar-refractivity contribution in [3.8, 4) is 0 Å². The van der Waals surface area contributed by atoms with Gasteiger partial charge in [0, 0.05) is 31.7 Å². The van der Waals surface area contributed by atoms with Crippen LogP contribution in [0.1, 0.15) is 37.8 Å². The van der Waals surface area contributed by atoms with Crippen LogP contribution in [-0.2, 0) is 6.54 Å². The number of hydrogen-bond donors (Lipinski definition) is 1. The van der Waals surface area contributed by atoms with E-state index >= 15 is 0 Å². The summed E-state index contributed by atoms with van der Waals surface area (Å²) in [5.74, 6) is 1.05. The molecule has 0 amide bonds. The predicted molar refractivity (Wildman–Crippen MR) is 83.3 cm³/mol. The second-order valence-corrected chi connectivity index (χ2v) is 6.65. The monoisotopic (exact) mass is 287 g/mol. The zero-order valence-electron chi connectivity index (χ0n) is 12.7. The van der Waals surface area contributed by atoms with Gasteiger partial charge < -0.3 is 10.2 Å². The molecule has 1 saturated carbocycles. The number of aromatic nitrogens is 2. The smallest absolute Gasteiger partial charge is 0.147 e. The van der Waals surface area contributed by atoms with Gasteiger partial charge >= 0.3 is 0 Å². The van der Waals surface area contributed by atoms with E-state index in [0.29, 0.717) is 0 Å². The molecule has 1 atom stereocenters. The summed E-state index contributed by atoms with van der Waals surface area (Å²) in [7, 11) is 0. The average molecular weight is 287 g/mol. The number of hydrogen-bond acceptors (Lipinski definition) is 5. The van der Waals surface area contributed by atoms with Gasteiger partial charge in [-0.25, -0.2) is 4.98 Å². The van der Waals surface area contributed by atoms with Crippen LogP contribution in [0.2, 0.25) is 0 Å². The van der Waals surface area contributed by atoms with E-state index in [0.717, 1.165) is 43.2 Å². The Morgan fingerprint density at radius 1 is 1.05 bits per heavy atom. The molecule has 0 radical (unpaired) electrons. The van der Waals surface area contributed by atoms with Gasteiger partial charge in [0.1, 0.15) is 5.82 Å². The molecule has 2 aliphatic heterocycles. The molecule has 21 heavy (non-hydrogen) atoms. The second kappa shape index (κ2) is 5.89. The van der Waals surface area contributed by atoms with Crippen LogP contribution in [0.5, 0.6) is 0 Å². The summed E-state index contributed by atoms with van der Waals surface area (Å²) in [5, 5.41) is 3.48. The van der Waals surface area contributed by atoms with E-state index in [2.05, 4.69) is 25.1 Å². The lowest BCUT2D eigenvalue weighted by Crippen LogP contribution is -2.35. The first-order valence-corrected chi connectivity index (χ1v) is 8.42. The van der Waals surface area contributed by atoms with Crippen molar-refractivity contribution < 1.29 is 0 Å². The van der Waals surface area contributed by atoms with Gasteiger partial charge in [0.15, 0.2) is 0 Å². The third kappa shape index (κ3) is 3.19. The Balaban J connectivity index is 1.33. The minimum absolute atomic E-state index is 0.727. The van der Waals surface area contributed by atoms with Gasteiger partial charge in [-0.3, -0.25) is 9.88 Å². The van der Waals surface area contributed by atoms with Crippen LogP contribution >= 0.6 is 0 Å². The fourth-order valence-corrected chi connectivity index (χ4v) is 3.49. The van der Waals surface area contributed by atoms with Gasteiger partial charge in [0.25, 0.3) is 0 Å². The molecule has 4 rings (SSSR count). The highest BCUT2D eigenvalue weighted by Gasteiger charge is 2.29. The molecule has 114 valence electrons. The van der Waals surface area contributed by atoms with Crippen molar-refractivity contribution >= 4 is 5.82 Å². The van der Waals surface area contributed by atoms with Crippen molar-refractivity contribution in [1.82, 2.24) is 20.2 Å². The third-order valence-corrected chi connectivity index (χ3v) is 4.99. The first-order chi connectivity index (χ1) is 10.4. The lowest BCUT2D eigenvalue weighted by molar-refractivity contribution is 0.260. The Hall–Kier alpha value is -1.20. The lowest BCUT2D eigenvalue weighted by atomic mass is 10.2. The van der Waals surface area contributed by atoms with E-state index in [1.807, 2.05) is 12.4 Å². The molecule has 0 spiro atoms. The van der Waals surface area contributed by atoms with Crippen LogP contribution in [-0.4, -0.2) is 53.1 Å². The van der Waals surface area contributed by atoms with Crippen LogP contribution in [0.15, 0.2) is 12.4 Å². The number of rotatable bonds is 5. The molecule has 2 saturated heterocycles. The Labute approximate surface area is 126 Å². The topological polar surface area (TPSA) is 44.3 Å². The Bertz CT molecular complexity index is 464. The van der Waals surface area contributed by atoms with Gasteiger partial charge in [0.2, 0.25) is 0 Å². The van der Waals surface area contributed by atoms with Gasteiger partial charge in [-0.15, -0.1) is 0 Å². The number of likely N-dealkylation sites (tertiary alicyclic amines) is 1. The summed E-state index contributed by atoms with van der Waals surface area (Å²) < 4.78 is 0. The maximum atomic E-state index is 4.63. The van der Waals surface area contributed by atoms with E-state index in [1.54, 1.807) is 0 Å². The SMILES string of the molecule is c1nc(N2CCC(N3CCCC3)C2)cnc1CNC1CC1. The van der Waals surface area contributed by atoms with Crippen LogP contribution < -0.4 is 10.2 Å². The summed E-state index contributed by atoms with van der Waals surface area (Å²) in [4.78, 5) is 14.2. The second-order valence-electron chi connectivity index (χ2n) is 6.65. The van der Waals surface area contributed by atoms with Crippen molar-refractivity contribution in [1.29, 1.82) is 0 Å². The van der Waals surface area contributed by atoms with Crippen molar-refractivity contribution in [3.63, 3.8) is 0 Å². The Kier molecular flexibility index (Phi) is 3.78. The summed E-state index contributed by atoms with van der Waals surface area (Å²) in [5.41, 5.74) is 1.06. The summed E-state index contributed by atoms with van der Waals surface area (Å²) in [6.45, 7) is 5.67. The molecule has 3 fully saturated rings. The number of nitrogens with zero attached hydrogens (tertiary/aromatic N) is 4. The van der Waals surface area contributed by atoms with Crippen LogP contribution in [0.4, 0.5) is 5.82 Å². The molecule has 1 N–H and O–H groups in total. The highest BCUT2D eigenvalue weighted by molar-refractivity contribution is 5.37. The zero-order valence-corrected chi connectivity index (χ0v) is 12.7. The van der Waals surface area contributed by atoms with Gasteiger partial charge in [-0.1, -0.05) is 0 Å². The van der Waals surface area contributed by atoms with Crippen molar-refractivity contribution in [2.45, 2.75) is 50.7 Å². The lowest BCUT2D eigenvalue weighted by Gasteiger charge is -2.23. The summed E-state index contributed by atoms with van der Waals surface area (Å²) >= 11 is 0. The number of nitrogens with one attached hydrogen (secondary N) is 1. The van der Waals surface area contributed by atoms with Crippen LogP contribution in [0, 0.1) is 0 Å². The first-order valence-electron chi connectivity index (χ1n) is 8.42. The molecule has 3 heterocycles.